The molecule has 3 aliphatic rings. The van der Waals surface area contributed by atoms with E-state index in [4.69, 9.17) is 24.2 Å². The highest BCUT2D eigenvalue weighted by Gasteiger charge is 2.27. The Kier molecular flexibility index (Phi) is 5.35. The lowest BCUT2D eigenvalue weighted by atomic mass is 10.0. The van der Waals surface area contributed by atoms with Crippen LogP contribution in [0.3, 0.4) is 0 Å². The Morgan fingerprint density at radius 3 is 2.80 bits per heavy atom. The van der Waals surface area contributed by atoms with Crippen LogP contribution in [0.25, 0.3) is 0 Å². The molecule has 160 valence electrons. The van der Waals surface area contributed by atoms with Gasteiger partial charge in [-0.3, -0.25) is 4.90 Å². The fourth-order valence-corrected chi connectivity index (χ4v) is 4.57. The van der Waals surface area contributed by atoms with Crippen molar-refractivity contribution in [1.29, 1.82) is 0 Å². The van der Waals surface area contributed by atoms with E-state index < -0.39 is 0 Å². The van der Waals surface area contributed by atoms with Gasteiger partial charge in [0, 0.05) is 43.9 Å². The molecule has 0 unspecified atom stereocenters. The second-order valence-corrected chi connectivity index (χ2v) is 8.02. The Bertz CT molecular complexity index is 929. The van der Waals surface area contributed by atoms with Gasteiger partial charge < -0.3 is 24.8 Å². The molecule has 1 fully saturated rings. The van der Waals surface area contributed by atoms with E-state index in [0.29, 0.717) is 13.2 Å². The maximum Gasteiger partial charge on any atom is 0.165 e. The van der Waals surface area contributed by atoms with E-state index in [-0.39, 0.29) is 6.04 Å². The van der Waals surface area contributed by atoms with Gasteiger partial charge in [-0.05, 0) is 31.9 Å². The molecule has 0 radical (unpaired) electrons. The molecule has 30 heavy (non-hydrogen) atoms. The minimum Gasteiger partial charge on any atom is -0.496 e. The normalized spacial score (nSPS) is 20.7. The van der Waals surface area contributed by atoms with Gasteiger partial charge in [-0.1, -0.05) is 0 Å². The number of hydrogen-bond acceptors (Lipinski definition) is 8. The van der Waals surface area contributed by atoms with Crippen molar-refractivity contribution >= 4 is 5.82 Å². The van der Waals surface area contributed by atoms with Gasteiger partial charge in [-0.2, -0.15) is 0 Å². The van der Waals surface area contributed by atoms with Crippen LogP contribution in [0.2, 0.25) is 0 Å². The molecule has 8 nitrogen and oxygen atoms in total. The Morgan fingerprint density at radius 1 is 1.23 bits per heavy atom. The van der Waals surface area contributed by atoms with Crippen LogP contribution in [-0.2, 0) is 19.5 Å². The summed E-state index contributed by atoms with van der Waals surface area (Å²) in [6.45, 7) is 4.71. The van der Waals surface area contributed by atoms with Crippen LogP contribution >= 0.6 is 0 Å². The first kappa shape index (κ1) is 19.4. The van der Waals surface area contributed by atoms with E-state index in [2.05, 4.69) is 21.6 Å². The van der Waals surface area contributed by atoms with Crippen molar-refractivity contribution in [3.8, 4) is 17.2 Å². The lowest BCUT2D eigenvalue weighted by molar-refractivity contribution is 0.169. The zero-order valence-electron chi connectivity index (χ0n) is 17.7. The molecule has 1 aromatic carbocycles. The maximum absolute atomic E-state index is 5.78. The molecular weight excluding hydrogens is 382 g/mol. The summed E-state index contributed by atoms with van der Waals surface area (Å²) < 4.78 is 17.1. The zero-order valence-corrected chi connectivity index (χ0v) is 17.7. The van der Waals surface area contributed by atoms with Crippen molar-refractivity contribution in [1.82, 2.24) is 20.2 Å². The highest BCUT2D eigenvalue weighted by atomic mass is 16.6. The number of aromatic nitrogens is 2. The summed E-state index contributed by atoms with van der Waals surface area (Å²) in [5.74, 6) is 4.27. The van der Waals surface area contributed by atoms with E-state index in [1.165, 1.54) is 12.0 Å². The summed E-state index contributed by atoms with van der Waals surface area (Å²) in [6, 6.07) is 4.25. The van der Waals surface area contributed by atoms with Crippen LogP contribution in [-0.4, -0.2) is 55.3 Å². The Hall–Kier alpha value is -2.58. The quantitative estimate of drug-likeness (QED) is 0.776. The molecule has 8 heteroatoms. The minimum absolute atomic E-state index is 0.260. The average molecular weight is 412 g/mol. The Balaban J connectivity index is 1.40. The number of anilines is 1. The van der Waals surface area contributed by atoms with Crippen LogP contribution in [0, 0.1) is 0 Å². The van der Waals surface area contributed by atoms with Crippen molar-refractivity contribution in [2.75, 3.05) is 45.8 Å². The molecule has 1 atom stereocenters. The molecule has 5 rings (SSSR count). The predicted octanol–water partition coefficient (Wildman–Crippen LogP) is 2.28. The van der Waals surface area contributed by atoms with E-state index in [1.807, 2.05) is 13.1 Å². The van der Waals surface area contributed by atoms with Gasteiger partial charge >= 0.3 is 0 Å². The number of hydrogen-bond donors (Lipinski definition) is 2. The second kappa shape index (κ2) is 8.28. The van der Waals surface area contributed by atoms with Crippen molar-refractivity contribution in [3.63, 3.8) is 0 Å². The van der Waals surface area contributed by atoms with Crippen LogP contribution in [0.4, 0.5) is 5.82 Å². The molecule has 2 aromatic rings. The largest absolute Gasteiger partial charge is 0.496 e. The first-order chi connectivity index (χ1) is 14.7. The van der Waals surface area contributed by atoms with Crippen molar-refractivity contribution in [2.45, 2.75) is 38.4 Å². The fourth-order valence-electron chi connectivity index (χ4n) is 4.57. The molecule has 2 N–H and O–H groups in total. The molecule has 0 saturated carbocycles. The third-order valence-corrected chi connectivity index (χ3v) is 6.11. The van der Waals surface area contributed by atoms with E-state index in [0.717, 1.165) is 79.2 Å². The third kappa shape index (κ3) is 3.65. The Labute approximate surface area is 176 Å². The summed E-state index contributed by atoms with van der Waals surface area (Å²) >= 11 is 0. The Morgan fingerprint density at radius 2 is 2.07 bits per heavy atom. The van der Waals surface area contributed by atoms with Crippen molar-refractivity contribution in [3.05, 3.63) is 34.8 Å². The number of rotatable bonds is 5. The van der Waals surface area contributed by atoms with Gasteiger partial charge in [0.15, 0.2) is 11.5 Å². The van der Waals surface area contributed by atoms with Crippen LogP contribution in [0.5, 0.6) is 17.2 Å². The number of nitrogens with zero attached hydrogens (tertiary/aromatic N) is 3. The van der Waals surface area contributed by atoms with E-state index >= 15 is 0 Å². The zero-order chi connectivity index (χ0) is 20.5. The molecule has 0 bridgehead atoms. The second-order valence-electron chi connectivity index (χ2n) is 8.02. The minimum atomic E-state index is 0.260. The maximum atomic E-state index is 5.78. The number of benzene rings is 1. The van der Waals surface area contributed by atoms with Crippen LogP contribution in [0.1, 0.15) is 41.5 Å². The number of methoxy groups -OCH3 is 1. The lowest BCUT2D eigenvalue weighted by Crippen LogP contribution is -2.32. The van der Waals surface area contributed by atoms with Gasteiger partial charge in [0.25, 0.3) is 0 Å². The standard InChI is InChI=1S/C22H29N5O3/c1-23-21-15-5-7-27(13-17(15)25-22(26-21)16-4-3-6-24-16)12-14-10-19-20(11-18(14)28-2)30-9-8-29-19/h10-11,16,24H,3-9,12-13H2,1-2H3,(H,23,25,26)/t16-/m1/s1. The molecule has 3 aliphatic heterocycles. The molecule has 0 amide bonds. The lowest BCUT2D eigenvalue weighted by Gasteiger charge is -2.30. The van der Waals surface area contributed by atoms with Gasteiger partial charge in [-0.25, -0.2) is 9.97 Å². The highest BCUT2D eigenvalue weighted by molar-refractivity contribution is 5.52. The van der Waals surface area contributed by atoms with Crippen LogP contribution in [0.15, 0.2) is 12.1 Å². The first-order valence-corrected chi connectivity index (χ1v) is 10.7. The average Bonchev–Trinajstić information content (AvgIpc) is 3.32. The number of ether oxygens (including phenoxy) is 3. The van der Waals surface area contributed by atoms with Crippen molar-refractivity contribution < 1.29 is 14.2 Å². The molecular formula is C22H29N5O3. The topological polar surface area (TPSA) is 80.8 Å². The fraction of sp³-hybridized carbons (Fsp3) is 0.545. The van der Waals surface area contributed by atoms with Gasteiger partial charge in [0.1, 0.15) is 30.6 Å². The van der Waals surface area contributed by atoms with Gasteiger partial charge in [-0.15, -0.1) is 0 Å². The molecule has 1 saturated heterocycles. The summed E-state index contributed by atoms with van der Waals surface area (Å²) in [5.41, 5.74) is 3.47. The molecule has 1 aromatic heterocycles. The van der Waals surface area contributed by atoms with E-state index in [1.54, 1.807) is 7.11 Å². The smallest absolute Gasteiger partial charge is 0.165 e. The molecule has 4 heterocycles. The summed E-state index contributed by atoms with van der Waals surface area (Å²) in [6.07, 6.45) is 3.20. The molecule has 0 spiro atoms. The van der Waals surface area contributed by atoms with Gasteiger partial charge in [0.05, 0.1) is 18.8 Å². The SMILES string of the molecule is CNc1nc([C@H]2CCCN2)nc2c1CCN(Cc1cc3c(cc1OC)OCCO3)C2. The first-order valence-electron chi connectivity index (χ1n) is 10.7. The monoisotopic (exact) mass is 411 g/mol. The predicted molar refractivity (Wildman–Crippen MR) is 113 cm³/mol. The molecule has 0 aliphatic carbocycles. The highest BCUT2D eigenvalue weighted by Crippen LogP contribution is 2.38. The van der Waals surface area contributed by atoms with Crippen LogP contribution < -0.4 is 24.8 Å². The summed E-state index contributed by atoms with van der Waals surface area (Å²) in [4.78, 5) is 12.2. The summed E-state index contributed by atoms with van der Waals surface area (Å²) in [7, 11) is 3.65. The summed E-state index contributed by atoms with van der Waals surface area (Å²) in [5, 5.41) is 6.81. The van der Waals surface area contributed by atoms with Gasteiger partial charge in [0.2, 0.25) is 0 Å². The number of nitrogens with one attached hydrogen (secondary N) is 2. The van der Waals surface area contributed by atoms with Crippen molar-refractivity contribution in [2.24, 2.45) is 0 Å². The number of fused-ring (bicyclic) bond motifs is 2. The van der Waals surface area contributed by atoms with E-state index in [9.17, 15) is 0 Å². The third-order valence-electron chi connectivity index (χ3n) is 6.11.